The molecule has 2 aromatic rings. The van der Waals surface area contributed by atoms with Gasteiger partial charge in [-0.2, -0.15) is 5.10 Å². The fourth-order valence-corrected chi connectivity index (χ4v) is 3.28. The molecule has 3 rings (SSSR count). The molecule has 1 saturated heterocycles. The van der Waals surface area contributed by atoms with Crippen LogP contribution in [-0.2, 0) is 13.1 Å². The summed E-state index contributed by atoms with van der Waals surface area (Å²) in [7, 11) is 0. The number of hydrogen-bond acceptors (Lipinski definition) is 3. The third-order valence-corrected chi connectivity index (χ3v) is 4.53. The van der Waals surface area contributed by atoms with Crippen molar-refractivity contribution in [2.24, 2.45) is 0 Å². The molecule has 1 aromatic carbocycles. The number of para-hydroxylation sites is 1. The minimum atomic E-state index is 0.618. The maximum Gasteiger partial charge on any atom is 0.0841 e. The van der Waals surface area contributed by atoms with Gasteiger partial charge >= 0.3 is 0 Å². The van der Waals surface area contributed by atoms with Gasteiger partial charge in [0, 0.05) is 31.1 Å². The van der Waals surface area contributed by atoms with Crippen LogP contribution in [0.25, 0.3) is 10.9 Å². The van der Waals surface area contributed by atoms with E-state index in [0.29, 0.717) is 6.04 Å². The molecule has 4 nitrogen and oxygen atoms in total. The molecular weight excluding hydrogens is 260 g/mol. The Morgan fingerprint density at radius 1 is 1.24 bits per heavy atom. The van der Waals surface area contributed by atoms with Crippen LogP contribution in [0.4, 0.5) is 0 Å². The molecule has 0 aliphatic carbocycles. The van der Waals surface area contributed by atoms with Crippen LogP contribution in [0.2, 0.25) is 0 Å². The van der Waals surface area contributed by atoms with Crippen LogP contribution in [-0.4, -0.2) is 40.4 Å². The van der Waals surface area contributed by atoms with Crippen molar-refractivity contribution in [2.75, 3.05) is 19.6 Å². The van der Waals surface area contributed by atoms with Crippen LogP contribution in [0.5, 0.6) is 0 Å². The summed E-state index contributed by atoms with van der Waals surface area (Å²) in [5, 5.41) is 9.61. The lowest BCUT2D eigenvalue weighted by Crippen LogP contribution is -2.38. The van der Waals surface area contributed by atoms with E-state index in [2.05, 4.69) is 53.0 Å². The quantitative estimate of drug-likeness (QED) is 0.886. The number of nitrogens with zero attached hydrogens (tertiary/aromatic N) is 3. The Balaban J connectivity index is 1.62. The standard InChI is InChI=1S/C17H26N4/c1-3-21-17-9-5-4-8-15(17)16(19-21)13-18-12-14(2)20-10-6-7-11-20/h4-5,8-9,14,18H,3,6-7,10-13H2,1-2H3. The fraction of sp³-hybridized carbons (Fsp3) is 0.588. The van der Waals surface area contributed by atoms with Gasteiger partial charge in [0.05, 0.1) is 11.2 Å². The summed E-state index contributed by atoms with van der Waals surface area (Å²) < 4.78 is 2.09. The Morgan fingerprint density at radius 2 is 2.00 bits per heavy atom. The maximum absolute atomic E-state index is 4.74. The van der Waals surface area contributed by atoms with E-state index in [1.807, 2.05) is 0 Å². The van der Waals surface area contributed by atoms with Crippen LogP contribution in [0.1, 0.15) is 32.4 Å². The minimum absolute atomic E-state index is 0.618. The molecule has 4 heteroatoms. The van der Waals surface area contributed by atoms with Crippen LogP contribution in [0, 0.1) is 0 Å². The van der Waals surface area contributed by atoms with Crippen molar-refractivity contribution >= 4 is 10.9 Å². The van der Waals surface area contributed by atoms with Gasteiger partial charge in [-0.05, 0) is 45.8 Å². The molecule has 0 bridgehead atoms. The van der Waals surface area contributed by atoms with E-state index in [0.717, 1.165) is 19.6 Å². The summed E-state index contributed by atoms with van der Waals surface area (Å²) in [4.78, 5) is 2.58. The van der Waals surface area contributed by atoms with Crippen molar-refractivity contribution < 1.29 is 0 Å². The molecule has 1 N–H and O–H groups in total. The van der Waals surface area contributed by atoms with Crippen LogP contribution < -0.4 is 5.32 Å². The van der Waals surface area contributed by atoms with Crippen LogP contribution in [0.3, 0.4) is 0 Å². The highest BCUT2D eigenvalue weighted by molar-refractivity contribution is 5.81. The van der Waals surface area contributed by atoms with Crippen LogP contribution in [0.15, 0.2) is 24.3 Å². The monoisotopic (exact) mass is 286 g/mol. The zero-order valence-corrected chi connectivity index (χ0v) is 13.2. The molecule has 21 heavy (non-hydrogen) atoms. The smallest absolute Gasteiger partial charge is 0.0841 e. The molecular formula is C17H26N4. The summed E-state index contributed by atoms with van der Waals surface area (Å²) in [5.74, 6) is 0. The first-order valence-corrected chi connectivity index (χ1v) is 8.18. The van der Waals surface area contributed by atoms with Gasteiger partial charge in [0.1, 0.15) is 0 Å². The first-order chi connectivity index (χ1) is 10.3. The second-order valence-corrected chi connectivity index (χ2v) is 6.00. The summed E-state index contributed by atoms with van der Waals surface area (Å²) in [6.45, 7) is 9.79. The summed E-state index contributed by atoms with van der Waals surface area (Å²) in [5.41, 5.74) is 2.41. The van der Waals surface area contributed by atoms with Gasteiger partial charge in [0.25, 0.3) is 0 Å². The number of aromatic nitrogens is 2. The molecule has 1 unspecified atom stereocenters. The lowest BCUT2D eigenvalue weighted by molar-refractivity contribution is 0.251. The molecule has 1 atom stereocenters. The molecule has 1 aromatic heterocycles. The Bertz CT molecular complexity index is 583. The van der Waals surface area contributed by atoms with Crippen molar-refractivity contribution in [1.29, 1.82) is 0 Å². The predicted molar refractivity (Wildman–Crippen MR) is 87.4 cm³/mol. The van der Waals surface area contributed by atoms with E-state index in [1.54, 1.807) is 0 Å². The second kappa shape index (κ2) is 6.58. The average Bonchev–Trinajstić information content (AvgIpc) is 3.15. The van der Waals surface area contributed by atoms with Crippen molar-refractivity contribution in [1.82, 2.24) is 20.0 Å². The molecule has 0 radical (unpaired) electrons. The van der Waals surface area contributed by atoms with Crippen molar-refractivity contribution in [3.63, 3.8) is 0 Å². The normalized spacial score (nSPS) is 17.6. The zero-order chi connectivity index (χ0) is 14.7. The Morgan fingerprint density at radius 3 is 2.76 bits per heavy atom. The number of rotatable bonds is 6. The first kappa shape index (κ1) is 14.5. The highest BCUT2D eigenvalue weighted by Crippen LogP contribution is 2.18. The summed E-state index contributed by atoms with van der Waals surface area (Å²) >= 11 is 0. The van der Waals surface area contributed by atoms with E-state index >= 15 is 0 Å². The highest BCUT2D eigenvalue weighted by Gasteiger charge is 2.17. The lowest BCUT2D eigenvalue weighted by Gasteiger charge is -2.23. The summed E-state index contributed by atoms with van der Waals surface area (Å²) in [6, 6.07) is 9.13. The molecule has 1 aliphatic rings. The number of likely N-dealkylation sites (tertiary alicyclic amines) is 1. The van der Waals surface area contributed by atoms with Gasteiger partial charge in [-0.3, -0.25) is 9.58 Å². The predicted octanol–water partition coefficient (Wildman–Crippen LogP) is 2.63. The molecule has 0 spiro atoms. The molecule has 0 amide bonds. The third kappa shape index (κ3) is 3.11. The Labute approximate surface area is 127 Å². The van der Waals surface area contributed by atoms with Gasteiger partial charge in [-0.15, -0.1) is 0 Å². The van der Waals surface area contributed by atoms with Gasteiger partial charge in [-0.1, -0.05) is 18.2 Å². The topological polar surface area (TPSA) is 33.1 Å². The molecule has 1 fully saturated rings. The van der Waals surface area contributed by atoms with Crippen molar-refractivity contribution in [2.45, 2.75) is 45.8 Å². The Hall–Kier alpha value is -1.39. The van der Waals surface area contributed by atoms with Gasteiger partial charge < -0.3 is 5.32 Å². The van der Waals surface area contributed by atoms with Gasteiger partial charge in [-0.25, -0.2) is 0 Å². The second-order valence-electron chi connectivity index (χ2n) is 6.00. The molecule has 2 heterocycles. The molecule has 114 valence electrons. The van der Waals surface area contributed by atoms with E-state index in [9.17, 15) is 0 Å². The number of fused-ring (bicyclic) bond motifs is 1. The SMILES string of the molecule is CCn1nc(CNCC(C)N2CCCC2)c2ccccc21. The zero-order valence-electron chi connectivity index (χ0n) is 13.2. The van der Waals surface area contributed by atoms with E-state index in [-0.39, 0.29) is 0 Å². The van der Waals surface area contributed by atoms with Gasteiger partial charge in [0.2, 0.25) is 0 Å². The van der Waals surface area contributed by atoms with Crippen molar-refractivity contribution in [3.05, 3.63) is 30.0 Å². The largest absolute Gasteiger partial charge is 0.310 e. The average molecular weight is 286 g/mol. The van der Waals surface area contributed by atoms with Crippen LogP contribution >= 0.6 is 0 Å². The van der Waals surface area contributed by atoms with Crippen molar-refractivity contribution in [3.8, 4) is 0 Å². The number of aryl methyl sites for hydroxylation is 1. The van der Waals surface area contributed by atoms with Gasteiger partial charge in [0.15, 0.2) is 0 Å². The van der Waals surface area contributed by atoms with E-state index in [1.165, 1.54) is 42.5 Å². The van der Waals surface area contributed by atoms with E-state index < -0.39 is 0 Å². The third-order valence-electron chi connectivity index (χ3n) is 4.53. The number of hydrogen-bond donors (Lipinski definition) is 1. The van der Waals surface area contributed by atoms with E-state index in [4.69, 9.17) is 5.10 Å². The fourth-order valence-electron chi connectivity index (χ4n) is 3.28. The Kier molecular flexibility index (Phi) is 4.56. The first-order valence-electron chi connectivity index (χ1n) is 8.18. The molecule has 0 saturated carbocycles. The minimum Gasteiger partial charge on any atom is -0.310 e. The number of benzene rings is 1. The summed E-state index contributed by atoms with van der Waals surface area (Å²) in [6.07, 6.45) is 2.71. The highest BCUT2D eigenvalue weighted by atomic mass is 15.3. The lowest BCUT2D eigenvalue weighted by atomic mass is 10.2. The molecule has 1 aliphatic heterocycles. The maximum atomic E-state index is 4.74. The number of nitrogens with one attached hydrogen (secondary N) is 1.